The van der Waals surface area contributed by atoms with Gasteiger partial charge in [0.2, 0.25) is 0 Å². The Bertz CT molecular complexity index is 169. The average molecular weight is 153 g/mol. The van der Waals surface area contributed by atoms with Gasteiger partial charge >= 0.3 is 0 Å². The molecule has 1 heterocycles. The lowest BCUT2D eigenvalue weighted by Crippen LogP contribution is -2.40. The van der Waals surface area contributed by atoms with E-state index in [4.69, 9.17) is 0 Å². The highest BCUT2D eigenvalue weighted by molar-refractivity contribution is 5.57. The SMILES string of the molecule is CC(C=O)N1CC2CCC1C2. The van der Waals surface area contributed by atoms with Gasteiger partial charge in [0.25, 0.3) is 0 Å². The van der Waals surface area contributed by atoms with Crippen LogP contribution in [0.5, 0.6) is 0 Å². The summed E-state index contributed by atoms with van der Waals surface area (Å²) in [4.78, 5) is 12.9. The van der Waals surface area contributed by atoms with Crippen LogP contribution in [0.25, 0.3) is 0 Å². The number of nitrogens with zero attached hydrogens (tertiary/aromatic N) is 1. The van der Waals surface area contributed by atoms with Gasteiger partial charge in [0.15, 0.2) is 0 Å². The summed E-state index contributed by atoms with van der Waals surface area (Å²) in [6.07, 6.45) is 5.13. The second-order valence-corrected chi connectivity index (χ2v) is 3.91. The molecule has 0 aromatic rings. The third-order valence-electron chi connectivity index (χ3n) is 3.17. The minimum Gasteiger partial charge on any atom is -0.302 e. The topological polar surface area (TPSA) is 20.3 Å². The smallest absolute Gasteiger partial charge is 0.136 e. The van der Waals surface area contributed by atoms with Crippen molar-refractivity contribution in [2.45, 2.75) is 38.3 Å². The van der Waals surface area contributed by atoms with Crippen LogP contribution in [0.4, 0.5) is 0 Å². The molecular weight excluding hydrogens is 138 g/mol. The number of rotatable bonds is 2. The largest absolute Gasteiger partial charge is 0.302 e. The van der Waals surface area contributed by atoms with Gasteiger partial charge in [-0.25, -0.2) is 0 Å². The van der Waals surface area contributed by atoms with Gasteiger partial charge in [0, 0.05) is 12.6 Å². The third kappa shape index (κ3) is 1.09. The second-order valence-electron chi connectivity index (χ2n) is 3.91. The Morgan fingerprint density at radius 3 is 2.82 bits per heavy atom. The van der Waals surface area contributed by atoms with Crippen LogP contribution in [0.15, 0.2) is 0 Å². The number of hydrogen-bond donors (Lipinski definition) is 0. The Hall–Kier alpha value is -0.370. The third-order valence-corrected chi connectivity index (χ3v) is 3.17. The van der Waals surface area contributed by atoms with Crippen LogP contribution < -0.4 is 0 Å². The van der Waals surface area contributed by atoms with E-state index in [0.29, 0.717) is 0 Å². The molecule has 0 spiro atoms. The van der Waals surface area contributed by atoms with Crippen molar-refractivity contribution >= 4 is 6.29 Å². The first-order valence-corrected chi connectivity index (χ1v) is 4.52. The Labute approximate surface area is 67.6 Å². The van der Waals surface area contributed by atoms with Crippen LogP contribution in [0.2, 0.25) is 0 Å². The summed E-state index contributed by atoms with van der Waals surface area (Å²) in [7, 11) is 0. The molecule has 0 radical (unpaired) electrons. The van der Waals surface area contributed by atoms with Gasteiger partial charge in [0.1, 0.15) is 6.29 Å². The lowest BCUT2D eigenvalue weighted by molar-refractivity contribution is -0.112. The van der Waals surface area contributed by atoms with Crippen molar-refractivity contribution in [3.63, 3.8) is 0 Å². The first-order valence-electron chi connectivity index (χ1n) is 4.52. The maximum absolute atomic E-state index is 10.5. The average Bonchev–Trinajstić information content (AvgIpc) is 2.62. The number of fused-ring (bicyclic) bond motifs is 2. The molecule has 2 nitrogen and oxygen atoms in total. The number of carbonyl (C=O) groups is 1. The van der Waals surface area contributed by atoms with Gasteiger partial charge in [-0.3, -0.25) is 4.90 Å². The maximum Gasteiger partial charge on any atom is 0.136 e. The molecule has 2 rings (SSSR count). The van der Waals surface area contributed by atoms with E-state index in [1.54, 1.807) is 0 Å². The van der Waals surface area contributed by atoms with Crippen LogP contribution in [0.3, 0.4) is 0 Å². The van der Waals surface area contributed by atoms with Crippen molar-refractivity contribution in [2.75, 3.05) is 6.54 Å². The molecule has 1 saturated carbocycles. The molecule has 3 atom stereocenters. The number of likely N-dealkylation sites (tertiary alicyclic amines) is 1. The summed E-state index contributed by atoms with van der Waals surface area (Å²) < 4.78 is 0. The molecule has 0 aromatic heterocycles. The molecule has 0 aromatic carbocycles. The highest BCUT2D eigenvalue weighted by Crippen LogP contribution is 2.37. The van der Waals surface area contributed by atoms with Crippen LogP contribution in [-0.4, -0.2) is 29.8 Å². The molecule has 1 aliphatic heterocycles. The zero-order valence-corrected chi connectivity index (χ0v) is 6.99. The molecule has 2 fully saturated rings. The summed E-state index contributed by atoms with van der Waals surface area (Å²) >= 11 is 0. The van der Waals surface area contributed by atoms with Gasteiger partial charge < -0.3 is 4.79 Å². The number of piperidine rings is 1. The molecule has 2 aliphatic rings. The molecule has 3 unspecified atom stereocenters. The Balaban J connectivity index is 2.01. The van der Waals surface area contributed by atoms with Crippen LogP contribution in [0.1, 0.15) is 26.2 Å². The van der Waals surface area contributed by atoms with Gasteiger partial charge in [-0.2, -0.15) is 0 Å². The van der Waals surface area contributed by atoms with E-state index in [0.717, 1.165) is 18.2 Å². The highest BCUT2D eigenvalue weighted by Gasteiger charge is 2.39. The van der Waals surface area contributed by atoms with Crippen LogP contribution in [0, 0.1) is 5.92 Å². The lowest BCUT2D eigenvalue weighted by Gasteiger charge is -2.29. The van der Waals surface area contributed by atoms with Crippen LogP contribution >= 0.6 is 0 Å². The van der Waals surface area contributed by atoms with Gasteiger partial charge in [-0.15, -0.1) is 0 Å². The molecule has 62 valence electrons. The normalized spacial score (nSPS) is 39.4. The van der Waals surface area contributed by atoms with Crippen LogP contribution in [-0.2, 0) is 4.79 Å². The predicted octanol–water partition coefficient (Wildman–Crippen LogP) is 1.06. The van der Waals surface area contributed by atoms with E-state index in [1.165, 1.54) is 25.8 Å². The van der Waals surface area contributed by atoms with E-state index in [-0.39, 0.29) is 6.04 Å². The van der Waals surface area contributed by atoms with E-state index < -0.39 is 0 Å². The number of hydrogen-bond acceptors (Lipinski definition) is 2. The fourth-order valence-electron chi connectivity index (χ4n) is 2.54. The van der Waals surface area contributed by atoms with Crippen molar-refractivity contribution in [1.82, 2.24) is 4.90 Å². The zero-order chi connectivity index (χ0) is 7.84. The minimum atomic E-state index is 0.158. The van der Waals surface area contributed by atoms with E-state index in [1.807, 2.05) is 6.92 Å². The molecule has 1 aliphatic carbocycles. The Morgan fingerprint density at radius 2 is 2.36 bits per heavy atom. The van der Waals surface area contributed by atoms with Crippen molar-refractivity contribution in [1.29, 1.82) is 0 Å². The quantitative estimate of drug-likeness (QED) is 0.553. The fourth-order valence-corrected chi connectivity index (χ4v) is 2.54. The summed E-state index contributed by atoms with van der Waals surface area (Å²) in [5, 5.41) is 0. The first-order chi connectivity index (χ1) is 5.31. The summed E-state index contributed by atoms with van der Waals surface area (Å²) in [6, 6.07) is 0.894. The van der Waals surface area contributed by atoms with Crippen molar-refractivity contribution in [3.05, 3.63) is 0 Å². The molecule has 2 bridgehead atoms. The van der Waals surface area contributed by atoms with E-state index >= 15 is 0 Å². The Morgan fingerprint density at radius 1 is 1.55 bits per heavy atom. The first kappa shape index (κ1) is 7.29. The van der Waals surface area contributed by atoms with Crippen molar-refractivity contribution in [3.8, 4) is 0 Å². The predicted molar refractivity (Wildman–Crippen MR) is 43.4 cm³/mol. The molecule has 2 heteroatoms. The minimum absolute atomic E-state index is 0.158. The highest BCUT2D eigenvalue weighted by atomic mass is 16.1. The number of carbonyl (C=O) groups excluding carboxylic acids is 1. The second kappa shape index (κ2) is 2.59. The summed E-state index contributed by atoms with van der Waals surface area (Å²) in [6.45, 7) is 3.18. The fraction of sp³-hybridized carbons (Fsp3) is 0.889. The molecule has 0 amide bonds. The molecule has 1 saturated heterocycles. The zero-order valence-electron chi connectivity index (χ0n) is 6.99. The Kier molecular flexibility index (Phi) is 1.72. The van der Waals surface area contributed by atoms with Crippen molar-refractivity contribution < 1.29 is 4.79 Å². The number of aldehydes is 1. The van der Waals surface area contributed by atoms with Gasteiger partial charge in [-0.1, -0.05) is 0 Å². The molecule has 0 N–H and O–H groups in total. The lowest BCUT2D eigenvalue weighted by atomic mass is 10.1. The van der Waals surface area contributed by atoms with Gasteiger partial charge in [0.05, 0.1) is 6.04 Å². The van der Waals surface area contributed by atoms with E-state index in [9.17, 15) is 4.79 Å². The molecule has 11 heavy (non-hydrogen) atoms. The summed E-state index contributed by atoms with van der Waals surface area (Å²) in [5.41, 5.74) is 0. The molecular formula is C9H15NO. The standard InChI is InChI=1S/C9H15NO/c1-7(6-11)10-5-8-2-3-9(10)4-8/h6-9H,2-5H2,1H3. The summed E-state index contributed by atoms with van der Waals surface area (Å²) in [5.74, 6) is 0.905. The maximum atomic E-state index is 10.5. The van der Waals surface area contributed by atoms with E-state index in [2.05, 4.69) is 4.90 Å². The van der Waals surface area contributed by atoms with Crippen molar-refractivity contribution in [2.24, 2.45) is 5.92 Å². The monoisotopic (exact) mass is 153 g/mol. The van der Waals surface area contributed by atoms with Gasteiger partial charge in [-0.05, 0) is 32.1 Å².